The van der Waals surface area contributed by atoms with Crippen molar-refractivity contribution >= 4 is 44.5 Å². The molecule has 0 saturated carbocycles. The van der Waals surface area contributed by atoms with E-state index in [1.165, 1.54) is 24.3 Å². The zero-order valence-electron chi connectivity index (χ0n) is 17.5. The van der Waals surface area contributed by atoms with Gasteiger partial charge < -0.3 is 9.52 Å². The Kier molecular flexibility index (Phi) is 7.05. The number of benzene rings is 1. The van der Waals surface area contributed by atoms with Crippen LogP contribution in [0, 0.1) is 17.2 Å². The average Bonchev–Trinajstić information content (AvgIpc) is 3.41. The summed E-state index contributed by atoms with van der Waals surface area (Å²) in [6.45, 7) is 3.50. The van der Waals surface area contributed by atoms with Crippen molar-refractivity contribution in [2.45, 2.75) is 19.0 Å². The number of carbonyl (C=O) groups is 2. The minimum absolute atomic E-state index is 0.0610. The summed E-state index contributed by atoms with van der Waals surface area (Å²) >= 11 is 0.691. The van der Waals surface area contributed by atoms with Gasteiger partial charge in [0, 0.05) is 23.2 Å². The maximum Gasteiger partial charge on any atom is 0.335 e. The van der Waals surface area contributed by atoms with E-state index in [9.17, 15) is 23.3 Å². The van der Waals surface area contributed by atoms with E-state index in [0.29, 0.717) is 22.9 Å². The van der Waals surface area contributed by atoms with Crippen LogP contribution in [0.25, 0.3) is 17.4 Å². The van der Waals surface area contributed by atoms with Crippen molar-refractivity contribution in [3.63, 3.8) is 0 Å². The first-order valence-electron chi connectivity index (χ1n) is 9.52. The number of hydrogen-bond donors (Lipinski definition) is 2. The number of aromatic nitrogens is 2. The van der Waals surface area contributed by atoms with Crippen molar-refractivity contribution in [2.24, 2.45) is 5.92 Å². The lowest BCUT2D eigenvalue weighted by atomic mass is 10.1. The topological polar surface area (TPSA) is 163 Å². The number of furan rings is 1. The second kappa shape index (κ2) is 9.76. The van der Waals surface area contributed by atoms with Crippen LogP contribution in [0.3, 0.4) is 0 Å². The van der Waals surface area contributed by atoms with E-state index in [1.807, 2.05) is 0 Å². The molecule has 3 aromatic rings. The molecule has 0 aliphatic heterocycles. The van der Waals surface area contributed by atoms with E-state index < -0.39 is 21.7 Å². The Morgan fingerprint density at radius 2 is 2.06 bits per heavy atom. The third-order valence-electron chi connectivity index (χ3n) is 4.13. The van der Waals surface area contributed by atoms with Gasteiger partial charge in [-0.3, -0.25) is 10.1 Å². The molecule has 0 aliphatic carbocycles. The van der Waals surface area contributed by atoms with E-state index >= 15 is 0 Å². The van der Waals surface area contributed by atoms with Crippen LogP contribution in [-0.2, 0) is 14.6 Å². The van der Waals surface area contributed by atoms with Gasteiger partial charge in [-0.2, -0.15) is 14.6 Å². The number of amides is 1. The standard InChI is InChI=1S/C21H18N4O6S2/c1-12(2)11-33(29,30)21-24-20(32-25-21)23-18(26)15(10-22)9-16-6-7-17(31-16)13-4-3-5-14(8-13)19(27)28/h3-9,12H,11H2,1-2H3,(H,27,28)(H,23,24,25,26)/b15-9-. The Hall–Kier alpha value is -3.82. The van der Waals surface area contributed by atoms with Gasteiger partial charge in [-0.15, -0.1) is 0 Å². The molecule has 10 nitrogen and oxygen atoms in total. The lowest BCUT2D eigenvalue weighted by molar-refractivity contribution is -0.112. The summed E-state index contributed by atoms with van der Waals surface area (Å²) in [6, 6.07) is 11.0. The van der Waals surface area contributed by atoms with Gasteiger partial charge in [0.25, 0.3) is 11.1 Å². The number of aromatic carboxylic acids is 1. The van der Waals surface area contributed by atoms with Crippen LogP contribution in [0.2, 0.25) is 0 Å². The molecule has 33 heavy (non-hydrogen) atoms. The molecular formula is C21H18N4O6S2. The maximum atomic E-state index is 12.5. The first-order valence-corrected chi connectivity index (χ1v) is 11.9. The Morgan fingerprint density at radius 1 is 1.30 bits per heavy atom. The molecule has 0 saturated heterocycles. The molecule has 3 rings (SSSR count). The van der Waals surface area contributed by atoms with Crippen LogP contribution < -0.4 is 5.32 Å². The molecule has 1 aromatic carbocycles. The number of carboxylic acids is 1. The number of sulfone groups is 1. The lowest BCUT2D eigenvalue weighted by Crippen LogP contribution is -2.15. The molecule has 0 spiro atoms. The molecule has 170 valence electrons. The third-order valence-corrected chi connectivity index (χ3v) is 6.72. The van der Waals surface area contributed by atoms with E-state index in [4.69, 9.17) is 9.52 Å². The van der Waals surface area contributed by atoms with Gasteiger partial charge in [0.1, 0.15) is 23.2 Å². The van der Waals surface area contributed by atoms with Gasteiger partial charge in [0.05, 0.1) is 11.3 Å². The summed E-state index contributed by atoms with van der Waals surface area (Å²) in [5, 5.41) is 20.4. The number of nitrogens with zero attached hydrogens (tertiary/aromatic N) is 3. The molecule has 12 heteroatoms. The van der Waals surface area contributed by atoms with Crippen molar-refractivity contribution in [2.75, 3.05) is 11.1 Å². The predicted octanol–water partition coefficient (Wildman–Crippen LogP) is 3.47. The second-order valence-corrected chi connectivity index (χ2v) is 9.95. The molecule has 0 radical (unpaired) electrons. The van der Waals surface area contributed by atoms with E-state index in [-0.39, 0.29) is 38.9 Å². The molecule has 2 aromatic heterocycles. The Morgan fingerprint density at radius 3 is 2.73 bits per heavy atom. The van der Waals surface area contributed by atoms with Crippen molar-refractivity contribution in [1.29, 1.82) is 5.26 Å². The van der Waals surface area contributed by atoms with Crippen LogP contribution >= 0.6 is 11.5 Å². The number of nitriles is 1. The smallest absolute Gasteiger partial charge is 0.335 e. The van der Waals surface area contributed by atoms with E-state index in [1.54, 1.807) is 38.1 Å². The van der Waals surface area contributed by atoms with Crippen LogP contribution in [0.1, 0.15) is 30.0 Å². The fourth-order valence-corrected chi connectivity index (χ4v) is 5.10. The number of nitrogens with one attached hydrogen (secondary N) is 1. The minimum Gasteiger partial charge on any atom is -0.478 e. The first kappa shape index (κ1) is 23.8. The maximum absolute atomic E-state index is 12.5. The fourth-order valence-electron chi connectivity index (χ4n) is 2.75. The normalized spacial score (nSPS) is 11.9. The van der Waals surface area contributed by atoms with Crippen molar-refractivity contribution < 1.29 is 27.5 Å². The van der Waals surface area contributed by atoms with Gasteiger partial charge in [-0.05, 0) is 30.2 Å². The highest BCUT2D eigenvalue weighted by Gasteiger charge is 2.23. The largest absolute Gasteiger partial charge is 0.478 e. The lowest BCUT2D eigenvalue weighted by Gasteiger charge is -2.02. The number of carbonyl (C=O) groups excluding carboxylic acids is 1. The van der Waals surface area contributed by atoms with Crippen LogP contribution in [0.4, 0.5) is 5.13 Å². The van der Waals surface area contributed by atoms with E-state index in [0.717, 1.165) is 0 Å². The number of hydrogen-bond acceptors (Lipinski definition) is 9. The molecule has 1 amide bonds. The van der Waals surface area contributed by atoms with Crippen molar-refractivity contribution in [3.8, 4) is 17.4 Å². The summed E-state index contributed by atoms with van der Waals surface area (Å²) in [7, 11) is -3.68. The quantitative estimate of drug-likeness (QED) is 0.358. The van der Waals surface area contributed by atoms with Crippen molar-refractivity contribution in [1.82, 2.24) is 9.36 Å². The monoisotopic (exact) mass is 486 g/mol. The summed E-state index contributed by atoms with van der Waals surface area (Å²) in [4.78, 5) is 27.4. The molecule has 0 unspecified atom stereocenters. The van der Waals surface area contributed by atoms with Gasteiger partial charge in [-0.1, -0.05) is 26.0 Å². The highest BCUT2D eigenvalue weighted by atomic mass is 32.2. The summed E-state index contributed by atoms with van der Waals surface area (Å²) < 4.78 is 33.8. The predicted molar refractivity (Wildman–Crippen MR) is 120 cm³/mol. The minimum atomic E-state index is -3.68. The zero-order chi connectivity index (χ0) is 24.2. The molecule has 0 aliphatic rings. The third kappa shape index (κ3) is 5.91. The van der Waals surface area contributed by atoms with Crippen LogP contribution in [-0.4, -0.2) is 40.5 Å². The molecule has 0 atom stereocenters. The van der Waals surface area contributed by atoms with Gasteiger partial charge >= 0.3 is 5.97 Å². The Bertz CT molecular complexity index is 1380. The Balaban J connectivity index is 1.77. The molecule has 0 bridgehead atoms. The van der Waals surface area contributed by atoms with Gasteiger partial charge in [0.15, 0.2) is 0 Å². The SMILES string of the molecule is CC(C)CS(=O)(=O)c1nsc(NC(=O)/C(C#N)=C\c2ccc(-c3cccc(C(=O)O)c3)o2)n1. The van der Waals surface area contributed by atoms with Crippen LogP contribution in [0.5, 0.6) is 0 Å². The summed E-state index contributed by atoms with van der Waals surface area (Å²) in [6.07, 6.45) is 1.21. The molecule has 0 fully saturated rings. The van der Waals surface area contributed by atoms with Crippen LogP contribution in [0.15, 0.2) is 51.5 Å². The fraction of sp³-hybridized carbons (Fsp3) is 0.190. The molecule has 2 heterocycles. The highest BCUT2D eigenvalue weighted by molar-refractivity contribution is 7.91. The molecular weight excluding hydrogens is 468 g/mol. The zero-order valence-corrected chi connectivity index (χ0v) is 19.1. The second-order valence-electron chi connectivity index (χ2n) is 7.27. The molecule has 2 N–H and O–H groups in total. The Labute approximate surface area is 193 Å². The van der Waals surface area contributed by atoms with Crippen molar-refractivity contribution in [3.05, 3.63) is 53.3 Å². The summed E-state index contributed by atoms with van der Waals surface area (Å²) in [5.74, 6) is -1.59. The first-order chi connectivity index (χ1) is 15.6. The highest BCUT2D eigenvalue weighted by Crippen LogP contribution is 2.25. The summed E-state index contributed by atoms with van der Waals surface area (Å²) in [5.41, 5.74) is 0.295. The van der Waals surface area contributed by atoms with Gasteiger partial charge in [0.2, 0.25) is 15.0 Å². The number of anilines is 1. The average molecular weight is 487 g/mol. The number of carboxylic acid groups (broad SMARTS) is 1. The van der Waals surface area contributed by atoms with E-state index in [2.05, 4.69) is 14.7 Å². The number of rotatable bonds is 8. The van der Waals surface area contributed by atoms with Gasteiger partial charge in [-0.25, -0.2) is 13.2 Å².